The summed E-state index contributed by atoms with van der Waals surface area (Å²) in [5.74, 6) is 0. The molecule has 0 fully saturated rings. The van der Waals surface area contributed by atoms with E-state index < -0.39 is 41.3 Å². The van der Waals surface area contributed by atoms with Crippen LogP contribution in [-0.2, 0) is 8.54 Å². The van der Waals surface area contributed by atoms with Crippen LogP contribution in [0, 0.1) is 0 Å². The average Bonchev–Trinajstić information content (AvgIpc) is 2.73. The molecule has 4 unspecified atom stereocenters. The van der Waals surface area contributed by atoms with Crippen LogP contribution in [0.5, 0.6) is 0 Å². The number of unbranched alkanes of at least 4 members (excludes halogenated alkanes) is 2. The van der Waals surface area contributed by atoms with E-state index in [0.29, 0.717) is 12.8 Å². The Balaban J connectivity index is 2.82. The summed E-state index contributed by atoms with van der Waals surface area (Å²) >= 11 is 0. The first-order valence-corrected chi connectivity index (χ1v) is 16.7. The zero-order valence-corrected chi connectivity index (χ0v) is 22.0. The van der Waals surface area contributed by atoms with Gasteiger partial charge in [0.25, 0.3) is 0 Å². The van der Waals surface area contributed by atoms with Crippen molar-refractivity contribution in [2.45, 2.75) is 102 Å². The Labute approximate surface area is 190 Å². The minimum Gasteiger partial charge on any atom is -0.432 e. The second-order valence-electron chi connectivity index (χ2n) is 9.20. The van der Waals surface area contributed by atoms with Crippen molar-refractivity contribution < 1.29 is 29.0 Å². The van der Waals surface area contributed by atoms with Gasteiger partial charge < -0.3 is 29.0 Å². The molecule has 0 saturated carbocycles. The van der Waals surface area contributed by atoms with Gasteiger partial charge in [0, 0.05) is 7.11 Å². The maximum atomic E-state index is 9.88. The number of hydrogen-bond donors (Lipinski definition) is 4. The predicted molar refractivity (Wildman–Crippen MR) is 130 cm³/mol. The maximum absolute atomic E-state index is 9.88. The van der Waals surface area contributed by atoms with E-state index in [1.165, 1.54) is 5.19 Å². The highest BCUT2D eigenvalue weighted by molar-refractivity contribution is 6.91. The molecule has 0 aliphatic heterocycles. The molecule has 0 bridgehead atoms. The fourth-order valence-corrected chi connectivity index (χ4v) is 12.4. The van der Waals surface area contributed by atoms with Crippen molar-refractivity contribution in [2.24, 2.45) is 0 Å². The third kappa shape index (κ3) is 10.3. The quantitative estimate of drug-likeness (QED) is 0.218. The van der Waals surface area contributed by atoms with Crippen LogP contribution in [0.2, 0.25) is 25.2 Å². The second kappa shape index (κ2) is 13.8. The summed E-state index contributed by atoms with van der Waals surface area (Å²) in [5, 5.41) is 40.0. The van der Waals surface area contributed by atoms with Crippen molar-refractivity contribution in [3.8, 4) is 0 Å². The van der Waals surface area contributed by atoms with Gasteiger partial charge in [-0.05, 0) is 57.1 Å². The summed E-state index contributed by atoms with van der Waals surface area (Å²) in [7, 11) is -2.94. The zero-order valence-electron chi connectivity index (χ0n) is 20.0. The summed E-state index contributed by atoms with van der Waals surface area (Å²) < 4.78 is 13.0. The first kappa shape index (κ1) is 28.4. The van der Waals surface area contributed by atoms with E-state index in [-0.39, 0.29) is 0 Å². The number of aliphatic hydroxyl groups is 4. The molecule has 0 saturated heterocycles. The van der Waals surface area contributed by atoms with Crippen molar-refractivity contribution >= 4 is 22.1 Å². The van der Waals surface area contributed by atoms with Crippen LogP contribution in [0.4, 0.5) is 0 Å². The first-order valence-electron chi connectivity index (χ1n) is 11.6. The Hall–Kier alpha value is -0.586. The Kier molecular flexibility index (Phi) is 12.7. The van der Waals surface area contributed by atoms with Gasteiger partial charge in [0.2, 0.25) is 8.32 Å². The molecular formula is C23H44O6Si2. The molecule has 0 aromatic heterocycles. The molecule has 0 heterocycles. The van der Waals surface area contributed by atoms with E-state index in [2.05, 4.69) is 25.2 Å². The zero-order chi connectivity index (χ0) is 23.5. The minimum atomic E-state index is -2.51. The van der Waals surface area contributed by atoms with Crippen molar-refractivity contribution in [1.29, 1.82) is 0 Å². The van der Waals surface area contributed by atoms with Gasteiger partial charge in [-0.15, -0.1) is 0 Å². The van der Waals surface area contributed by atoms with Crippen molar-refractivity contribution in [2.75, 3.05) is 7.11 Å². The summed E-state index contributed by atoms with van der Waals surface area (Å²) in [6.45, 7) is 7.63. The lowest BCUT2D eigenvalue weighted by molar-refractivity contribution is 0.0247. The monoisotopic (exact) mass is 472 g/mol. The molecule has 180 valence electrons. The van der Waals surface area contributed by atoms with Gasteiger partial charge in [-0.2, -0.15) is 0 Å². The average molecular weight is 473 g/mol. The van der Waals surface area contributed by atoms with E-state index in [9.17, 15) is 20.4 Å². The van der Waals surface area contributed by atoms with Crippen LogP contribution < -0.4 is 5.19 Å². The van der Waals surface area contributed by atoms with Crippen molar-refractivity contribution in [3.63, 3.8) is 0 Å². The fraction of sp³-hybridized carbons (Fsp3) is 0.739. The van der Waals surface area contributed by atoms with Gasteiger partial charge >= 0.3 is 8.56 Å². The van der Waals surface area contributed by atoms with Gasteiger partial charge in [0.15, 0.2) is 0 Å². The molecule has 6 nitrogen and oxygen atoms in total. The van der Waals surface area contributed by atoms with Gasteiger partial charge in [0.1, 0.15) is 0 Å². The lowest BCUT2D eigenvalue weighted by atomic mass is 10.1. The van der Waals surface area contributed by atoms with Gasteiger partial charge in [0.05, 0.1) is 24.4 Å². The molecule has 0 aliphatic rings. The number of rotatable bonds is 16. The Morgan fingerprint density at radius 2 is 1.23 bits per heavy atom. The highest BCUT2D eigenvalue weighted by atomic mass is 28.4. The molecule has 1 aromatic rings. The molecule has 4 atom stereocenters. The van der Waals surface area contributed by atoms with Crippen LogP contribution in [0.1, 0.15) is 52.4 Å². The second-order valence-corrected chi connectivity index (χ2v) is 16.8. The third-order valence-corrected chi connectivity index (χ3v) is 14.2. The molecule has 0 aliphatic carbocycles. The summed E-state index contributed by atoms with van der Waals surface area (Å²) in [6, 6.07) is 12.0. The van der Waals surface area contributed by atoms with Crippen LogP contribution in [0.15, 0.2) is 30.3 Å². The maximum Gasteiger partial charge on any atom is 0.327 e. The summed E-state index contributed by atoms with van der Waals surface area (Å²) in [4.78, 5) is 0. The van der Waals surface area contributed by atoms with E-state index in [1.807, 2.05) is 18.2 Å². The standard InChI is InChI=1S/C23H44O6Si2/c1-19(24)22(26)15-9-11-17-31(28-3,18-12-10-16-23(27)20(2)25)29-30(4,5)21-13-7-6-8-14-21/h6-8,13-14,19-20,22-27H,9-12,15-18H2,1-5H3. The molecule has 0 spiro atoms. The number of benzene rings is 1. The highest BCUT2D eigenvalue weighted by Gasteiger charge is 2.42. The smallest absolute Gasteiger partial charge is 0.327 e. The fourth-order valence-electron chi connectivity index (χ4n) is 3.81. The lowest BCUT2D eigenvalue weighted by Gasteiger charge is -2.38. The summed E-state index contributed by atoms with van der Waals surface area (Å²) in [6.07, 6.45) is 1.66. The van der Waals surface area contributed by atoms with Crippen molar-refractivity contribution in [3.05, 3.63) is 30.3 Å². The molecule has 1 aromatic carbocycles. The molecule has 0 radical (unpaired) electrons. The highest BCUT2D eigenvalue weighted by Crippen LogP contribution is 2.29. The predicted octanol–water partition coefficient (Wildman–Crippen LogP) is 3.03. The van der Waals surface area contributed by atoms with Crippen LogP contribution in [0.25, 0.3) is 0 Å². The molecule has 0 amide bonds. The van der Waals surface area contributed by atoms with Gasteiger partial charge in [-0.1, -0.05) is 56.0 Å². The molecule has 1 rings (SSSR count). The first-order chi connectivity index (χ1) is 14.5. The topological polar surface area (TPSA) is 99.4 Å². The van der Waals surface area contributed by atoms with Crippen LogP contribution in [0.3, 0.4) is 0 Å². The Morgan fingerprint density at radius 1 is 0.774 bits per heavy atom. The van der Waals surface area contributed by atoms with E-state index >= 15 is 0 Å². The third-order valence-electron chi connectivity index (χ3n) is 6.01. The van der Waals surface area contributed by atoms with Gasteiger partial charge in [-0.25, -0.2) is 0 Å². The summed E-state index contributed by atoms with van der Waals surface area (Å²) in [5.41, 5.74) is 0. The SMILES string of the molecule is CO[Si](CCCCC(O)C(C)O)(CCCCC(O)C(C)O)O[Si](C)(C)c1ccccc1. The molecule has 4 N–H and O–H groups in total. The van der Waals surface area contributed by atoms with E-state index in [4.69, 9.17) is 8.54 Å². The normalized spacial score (nSPS) is 18.2. The Morgan fingerprint density at radius 3 is 1.61 bits per heavy atom. The Bertz CT molecular complexity index is 575. The largest absolute Gasteiger partial charge is 0.432 e. The number of aliphatic hydroxyl groups excluding tert-OH is 4. The van der Waals surface area contributed by atoms with Crippen LogP contribution in [-0.4, -0.2) is 68.8 Å². The minimum absolute atomic E-state index is 0.561. The van der Waals surface area contributed by atoms with Crippen molar-refractivity contribution in [1.82, 2.24) is 0 Å². The molecule has 31 heavy (non-hydrogen) atoms. The lowest BCUT2D eigenvalue weighted by Crippen LogP contribution is -2.56. The molecular weight excluding hydrogens is 428 g/mol. The van der Waals surface area contributed by atoms with E-state index in [1.54, 1.807) is 21.0 Å². The van der Waals surface area contributed by atoms with E-state index in [0.717, 1.165) is 37.8 Å². The van der Waals surface area contributed by atoms with Crippen LogP contribution >= 0.6 is 0 Å². The van der Waals surface area contributed by atoms with Gasteiger partial charge in [-0.3, -0.25) is 0 Å². The number of hydrogen-bond acceptors (Lipinski definition) is 6. The molecule has 8 heteroatoms.